The van der Waals surface area contributed by atoms with Gasteiger partial charge in [-0.15, -0.1) is 0 Å². The molecule has 0 bridgehead atoms. The molecule has 0 aromatic heterocycles. The predicted molar refractivity (Wildman–Crippen MR) is 247 cm³/mol. The standard InChI is InChI=1S/C52H90O6/c1-4-7-10-13-16-19-22-25-28-30-33-36-39-42-45-51(54)57-48-49(58-52(55)46-43-40-37-34-31-27-24-21-18-15-12-9-6-3)47-56-50(53)44-41-38-35-32-29-26-23-20-17-14-11-8-5-2/h7,10,16,19,25,27-28,31,37,40,49H,4-6,8-9,11-15,17-18,20-24,26,29-30,32-36,38-39,41-48H2,1-3H3/b10-7-,19-16-,28-25-,31-27-,40-37-. The third kappa shape index (κ3) is 44.2. The van der Waals surface area contributed by atoms with Crippen molar-refractivity contribution < 1.29 is 28.6 Å². The van der Waals surface area contributed by atoms with E-state index in [0.29, 0.717) is 19.3 Å². The van der Waals surface area contributed by atoms with Gasteiger partial charge in [0, 0.05) is 19.3 Å². The van der Waals surface area contributed by atoms with Gasteiger partial charge in [0.25, 0.3) is 0 Å². The van der Waals surface area contributed by atoms with Crippen molar-refractivity contribution in [1.82, 2.24) is 0 Å². The molecule has 0 aliphatic carbocycles. The van der Waals surface area contributed by atoms with Crippen LogP contribution in [-0.4, -0.2) is 37.2 Å². The van der Waals surface area contributed by atoms with Gasteiger partial charge in [0.15, 0.2) is 6.10 Å². The summed E-state index contributed by atoms with van der Waals surface area (Å²) in [6.07, 6.45) is 56.4. The van der Waals surface area contributed by atoms with Gasteiger partial charge in [-0.05, 0) is 70.6 Å². The number of ether oxygens (including phenoxy) is 3. The fourth-order valence-corrected chi connectivity index (χ4v) is 6.63. The van der Waals surface area contributed by atoms with Gasteiger partial charge >= 0.3 is 17.9 Å². The zero-order chi connectivity index (χ0) is 42.3. The van der Waals surface area contributed by atoms with Gasteiger partial charge < -0.3 is 14.2 Å². The molecule has 0 aromatic rings. The topological polar surface area (TPSA) is 78.9 Å². The molecule has 0 aliphatic rings. The average molecular weight is 811 g/mol. The van der Waals surface area contributed by atoms with Gasteiger partial charge in [0.2, 0.25) is 0 Å². The van der Waals surface area contributed by atoms with E-state index in [2.05, 4.69) is 75.5 Å². The first-order chi connectivity index (χ1) is 28.5. The Bertz CT molecular complexity index is 1070. The van der Waals surface area contributed by atoms with Crippen molar-refractivity contribution in [3.05, 3.63) is 60.8 Å². The van der Waals surface area contributed by atoms with E-state index in [0.717, 1.165) is 83.5 Å². The zero-order valence-corrected chi connectivity index (χ0v) is 38.0. The Labute approximate surface area is 358 Å². The van der Waals surface area contributed by atoms with E-state index in [1.165, 1.54) is 103 Å². The second-order valence-corrected chi connectivity index (χ2v) is 16.0. The molecule has 0 aromatic carbocycles. The maximum Gasteiger partial charge on any atom is 0.306 e. The number of hydrogen-bond donors (Lipinski definition) is 0. The molecule has 58 heavy (non-hydrogen) atoms. The Morgan fingerprint density at radius 2 is 0.707 bits per heavy atom. The molecular formula is C52H90O6. The number of unbranched alkanes of at least 4 members (excludes halogenated alkanes) is 22. The second kappa shape index (κ2) is 46.8. The van der Waals surface area contributed by atoms with Gasteiger partial charge in [-0.1, -0.05) is 204 Å². The number of carbonyl (C=O) groups is 3. The number of allylic oxidation sites excluding steroid dienone is 10. The average Bonchev–Trinajstić information content (AvgIpc) is 3.22. The van der Waals surface area contributed by atoms with Crippen molar-refractivity contribution in [2.45, 2.75) is 239 Å². The Hall–Kier alpha value is -2.89. The molecule has 1 unspecified atom stereocenters. The first-order valence-corrected chi connectivity index (χ1v) is 24.3. The van der Waals surface area contributed by atoms with E-state index < -0.39 is 6.10 Å². The van der Waals surface area contributed by atoms with Crippen molar-refractivity contribution in [3.63, 3.8) is 0 Å². The summed E-state index contributed by atoms with van der Waals surface area (Å²) in [5.74, 6) is -0.993. The fourth-order valence-electron chi connectivity index (χ4n) is 6.63. The van der Waals surface area contributed by atoms with Crippen molar-refractivity contribution >= 4 is 17.9 Å². The van der Waals surface area contributed by atoms with Gasteiger partial charge in [0.05, 0.1) is 0 Å². The minimum atomic E-state index is -0.810. The minimum absolute atomic E-state index is 0.102. The lowest BCUT2D eigenvalue weighted by Gasteiger charge is -2.18. The van der Waals surface area contributed by atoms with E-state index >= 15 is 0 Å². The largest absolute Gasteiger partial charge is 0.462 e. The van der Waals surface area contributed by atoms with Crippen LogP contribution in [0, 0.1) is 0 Å². The molecule has 0 spiro atoms. The number of carbonyl (C=O) groups excluding carboxylic acids is 3. The number of rotatable bonds is 43. The van der Waals surface area contributed by atoms with Crippen molar-refractivity contribution in [2.75, 3.05) is 13.2 Å². The lowest BCUT2D eigenvalue weighted by atomic mass is 10.0. The first kappa shape index (κ1) is 55.1. The molecule has 0 saturated carbocycles. The third-order valence-electron chi connectivity index (χ3n) is 10.3. The van der Waals surface area contributed by atoms with Crippen LogP contribution in [0.15, 0.2) is 60.8 Å². The lowest BCUT2D eigenvalue weighted by Crippen LogP contribution is -2.30. The third-order valence-corrected chi connectivity index (χ3v) is 10.3. The predicted octanol–water partition coefficient (Wildman–Crippen LogP) is 15.7. The zero-order valence-electron chi connectivity index (χ0n) is 38.0. The Kier molecular flexibility index (Phi) is 44.5. The van der Waals surface area contributed by atoms with E-state index in [1.54, 1.807) is 0 Å². The minimum Gasteiger partial charge on any atom is -0.462 e. The van der Waals surface area contributed by atoms with Crippen LogP contribution >= 0.6 is 0 Å². The van der Waals surface area contributed by atoms with Gasteiger partial charge in [-0.2, -0.15) is 0 Å². The number of hydrogen-bond acceptors (Lipinski definition) is 6. The molecule has 6 heteroatoms. The lowest BCUT2D eigenvalue weighted by molar-refractivity contribution is -0.166. The smallest absolute Gasteiger partial charge is 0.306 e. The summed E-state index contributed by atoms with van der Waals surface area (Å²) in [6.45, 7) is 6.44. The van der Waals surface area contributed by atoms with Crippen molar-refractivity contribution in [3.8, 4) is 0 Å². The summed E-state index contributed by atoms with van der Waals surface area (Å²) >= 11 is 0. The maximum atomic E-state index is 12.7. The molecule has 0 rings (SSSR count). The van der Waals surface area contributed by atoms with Gasteiger partial charge in [-0.25, -0.2) is 0 Å². The van der Waals surface area contributed by atoms with Gasteiger partial charge in [-0.3, -0.25) is 14.4 Å². The highest BCUT2D eigenvalue weighted by atomic mass is 16.6. The normalized spacial score (nSPS) is 12.5. The number of esters is 3. The summed E-state index contributed by atoms with van der Waals surface area (Å²) in [5, 5.41) is 0. The first-order valence-electron chi connectivity index (χ1n) is 24.3. The van der Waals surface area contributed by atoms with Crippen molar-refractivity contribution in [2.24, 2.45) is 0 Å². The van der Waals surface area contributed by atoms with Crippen molar-refractivity contribution in [1.29, 1.82) is 0 Å². The van der Waals surface area contributed by atoms with Gasteiger partial charge in [0.1, 0.15) is 13.2 Å². The van der Waals surface area contributed by atoms with E-state index in [1.807, 2.05) is 6.08 Å². The summed E-state index contributed by atoms with van der Waals surface area (Å²) < 4.78 is 16.7. The molecule has 0 heterocycles. The SMILES string of the molecule is CC/C=C\C/C=C\C/C=C\CCCCCCC(=O)OCC(COC(=O)CCCCCCCCCCCCCCC)OC(=O)CC/C=C\C/C=C\CCCCCCCC. The molecule has 0 saturated heterocycles. The molecule has 334 valence electrons. The quantitative estimate of drug-likeness (QED) is 0.0264. The van der Waals surface area contributed by atoms with Crippen LogP contribution in [0.1, 0.15) is 233 Å². The molecule has 0 amide bonds. The molecule has 0 fully saturated rings. The fraction of sp³-hybridized carbons (Fsp3) is 0.750. The highest BCUT2D eigenvalue weighted by Crippen LogP contribution is 2.14. The Morgan fingerprint density at radius 3 is 1.12 bits per heavy atom. The van der Waals surface area contributed by atoms with Crippen LogP contribution in [0.2, 0.25) is 0 Å². The summed E-state index contributed by atoms with van der Waals surface area (Å²) in [7, 11) is 0. The Morgan fingerprint density at radius 1 is 0.362 bits per heavy atom. The van der Waals surface area contributed by atoms with Crippen LogP contribution in [0.5, 0.6) is 0 Å². The summed E-state index contributed by atoms with van der Waals surface area (Å²) in [4.78, 5) is 37.8. The highest BCUT2D eigenvalue weighted by Gasteiger charge is 2.19. The maximum absolute atomic E-state index is 12.7. The molecule has 0 radical (unpaired) electrons. The van der Waals surface area contributed by atoms with Crippen LogP contribution in [0.4, 0.5) is 0 Å². The summed E-state index contributed by atoms with van der Waals surface area (Å²) in [5.41, 5.74) is 0. The van der Waals surface area contributed by atoms with E-state index in [9.17, 15) is 14.4 Å². The summed E-state index contributed by atoms with van der Waals surface area (Å²) in [6, 6.07) is 0. The molecule has 0 N–H and O–H groups in total. The molecule has 1 atom stereocenters. The van der Waals surface area contributed by atoms with Crippen LogP contribution in [0.3, 0.4) is 0 Å². The highest BCUT2D eigenvalue weighted by molar-refractivity contribution is 5.71. The van der Waals surface area contributed by atoms with E-state index in [4.69, 9.17) is 14.2 Å². The molecular weight excluding hydrogens is 721 g/mol. The molecule has 0 aliphatic heterocycles. The second-order valence-electron chi connectivity index (χ2n) is 16.0. The monoisotopic (exact) mass is 811 g/mol. The Balaban J connectivity index is 4.47. The van der Waals surface area contributed by atoms with Crippen LogP contribution in [0.25, 0.3) is 0 Å². The van der Waals surface area contributed by atoms with E-state index in [-0.39, 0.29) is 37.5 Å². The van der Waals surface area contributed by atoms with Crippen LogP contribution < -0.4 is 0 Å². The van der Waals surface area contributed by atoms with Crippen LogP contribution in [-0.2, 0) is 28.6 Å². The molecule has 6 nitrogen and oxygen atoms in total.